The minimum Gasteiger partial charge on any atom is -0.381 e. The van der Waals surface area contributed by atoms with Crippen LogP contribution in [0.4, 0.5) is 0 Å². The van der Waals surface area contributed by atoms with Crippen molar-refractivity contribution >= 4 is 0 Å². The lowest BCUT2D eigenvalue weighted by Crippen LogP contribution is -2.51. The highest BCUT2D eigenvalue weighted by atomic mass is 16.5. The lowest BCUT2D eigenvalue weighted by Gasteiger charge is -2.43. The lowest BCUT2D eigenvalue weighted by molar-refractivity contribution is -0.0947. The second kappa shape index (κ2) is 7.38. The predicted molar refractivity (Wildman–Crippen MR) is 106 cm³/mol. The van der Waals surface area contributed by atoms with Crippen molar-refractivity contribution in [2.45, 2.75) is 63.8 Å². The van der Waals surface area contributed by atoms with Gasteiger partial charge in [-0.3, -0.25) is 4.90 Å². The number of aryl methyl sites for hydroxylation is 2. The van der Waals surface area contributed by atoms with Gasteiger partial charge in [-0.15, -0.1) is 0 Å². The Kier molecular flexibility index (Phi) is 5.10. The Bertz CT molecular complexity index is 803. The molecule has 0 unspecified atom stereocenters. The molecule has 27 heavy (non-hydrogen) atoms. The molecular formula is C22H31N3O2. The SMILES string of the molecule is CO[C@@H]1CC[C@@]2(OC)CCN(Cc3cccc(-n4nc(C)cc4C)c3)[C@H]2C1. The average Bonchev–Trinajstić information content (AvgIpc) is 3.21. The van der Waals surface area contributed by atoms with Gasteiger partial charge in [-0.25, -0.2) is 4.68 Å². The summed E-state index contributed by atoms with van der Waals surface area (Å²) in [6.45, 7) is 6.17. The second-order valence-electron chi connectivity index (χ2n) is 8.15. The fraction of sp³-hybridized carbons (Fsp3) is 0.591. The number of methoxy groups -OCH3 is 2. The number of benzene rings is 1. The first kappa shape index (κ1) is 18.7. The summed E-state index contributed by atoms with van der Waals surface area (Å²) in [5, 5.41) is 4.63. The number of hydrogen-bond acceptors (Lipinski definition) is 4. The molecule has 146 valence electrons. The molecule has 5 heteroatoms. The van der Waals surface area contributed by atoms with E-state index in [0.717, 1.165) is 50.2 Å². The number of likely N-dealkylation sites (tertiary alicyclic amines) is 1. The predicted octanol–water partition coefficient (Wildman–Crippen LogP) is 3.65. The molecule has 1 aliphatic carbocycles. The van der Waals surface area contributed by atoms with Gasteiger partial charge in [0, 0.05) is 39.0 Å². The molecule has 1 aliphatic heterocycles. The molecule has 0 spiro atoms. The molecule has 0 amide bonds. The maximum atomic E-state index is 6.06. The van der Waals surface area contributed by atoms with Crippen LogP contribution in [0, 0.1) is 13.8 Å². The first-order valence-electron chi connectivity index (χ1n) is 9.99. The van der Waals surface area contributed by atoms with E-state index in [0.29, 0.717) is 12.1 Å². The van der Waals surface area contributed by atoms with Crippen LogP contribution in [0.3, 0.4) is 0 Å². The smallest absolute Gasteiger partial charge is 0.0847 e. The van der Waals surface area contributed by atoms with Crippen molar-refractivity contribution in [2.24, 2.45) is 0 Å². The first-order chi connectivity index (χ1) is 13.0. The first-order valence-corrected chi connectivity index (χ1v) is 9.99. The van der Waals surface area contributed by atoms with E-state index in [9.17, 15) is 0 Å². The quantitative estimate of drug-likeness (QED) is 0.807. The van der Waals surface area contributed by atoms with Crippen molar-refractivity contribution in [1.29, 1.82) is 0 Å². The zero-order valence-corrected chi connectivity index (χ0v) is 16.9. The van der Waals surface area contributed by atoms with E-state index in [2.05, 4.69) is 47.3 Å². The van der Waals surface area contributed by atoms with E-state index in [4.69, 9.17) is 9.47 Å². The monoisotopic (exact) mass is 369 g/mol. The number of hydrogen-bond donors (Lipinski definition) is 0. The van der Waals surface area contributed by atoms with E-state index in [1.165, 1.54) is 11.3 Å². The Morgan fingerprint density at radius 1 is 1.19 bits per heavy atom. The van der Waals surface area contributed by atoms with Crippen molar-refractivity contribution < 1.29 is 9.47 Å². The maximum Gasteiger partial charge on any atom is 0.0847 e. The van der Waals surface area contributed by atoms with Gasteiger partial charge in [0.05, 0.1) is 23.1 Å². The van der Waals surface area contributed by atoms with Gasteiger partial charge >= 0.3 is 0 Å². The van der Waals surface area contributed by atoms with E-state index in [-0.39, 0.29) is 5.60 Å². The van der Waals surface area contributed by atoms with Crippen molar-refractivity contribution in [3.05, 3.63) is 47.3 Å². The van der Waals surface area contributed by atoms with Crippen molar-refractivity contribution in [2.75, 3.05) is 20.8 Å². The van der Waals surface area contributed by atoms with Crippen LogP contribution >= 0.6 is 0 Å². The molecule has 1 saturated carbocycles. The molecule has 2 aromatic rings. The fourth-order valence-corrected chi connectivity index (χ4v) is 5.07. The molecule has 1 aromatic carbocycles. The van der Waals surface area contributed by atoms with Gasteiger partial charge in [0.15, 0.2) is 0 Å². The summed E-state index contributed by atoms with van der Waals surface area (Å²) in [4.78, 5) is 2.59. The Hall–Kier alpha value is -1.69. The van der Waals surface area contributed by atoms with Crippen LogP contribution in [0.15, 0.2) is 30.3 Å². The highest BCUT2D eigenvalue weighted by Crippen LogP contribution is 2.43. The summed E-state index contributed by atoms with van der Waals surface area (Å²) >= 11 is 0. The Labute approximate surface area is 162 Å². The molecule has 5 nitrogen and oxygen atoms in total. The molecule has 1 aromatic heterocycles. The molecule has 2 heterocycles. The highest BCUT2D eigenvalue weighted by molar-refractivity contribution is 5.37. The van der Waals surface area contributed by atoms with Crippen molar-refractivity contribution in [1.82, 2.24) is 14.7 Å². The number of ether oxygens (including phenoxy) is 2. The maximum absolute atomic E-state index is 6.06. The third kappa shape index (κ3) is 3.44. The molecule has 0 radical (unpaired) electrons. The van der Waals surface area contributed by atoms with Gasteiger partial charge in [0.1, 0.15) is 0 Å². The lowest BCUT2D eigenvalue weighted by atomic mass is 9.79. The van der Waals surface area contributed by atoms with Gasteiger partial charge in [-0.2, -0.15) is 5.10 Å². The second-order valence-corrected chi connectivity index (χ2v) is 8.15. The topological polar surface area (TPSA) is 39.5 Å². The van der Waals surface area contributed by atoms with Gasteiger partial charge < -0.3 is 9.47 Å². The van der Waals surface area contributed by atoms with Crippen LogP contribution in [0.25, 0.3) is 5.69 Å². The number of aromatic nitrogens is 2. The third-order valence-corrected chi connectivity index (χ3v) is 6.54. The zero-order valence-electron chi connectivity index (χ0n) is 16.9. The van der Waals surface area contributed by atoms with Crippen LogP contribution in [0.1, 0.15) is 42.6 Å². The van der Waals surface area contributed by atoms with E-state index in [1.807, 2.05) is 25.8 Å². The average molecular weight is 370 g/mol. The molecule has 2 fully saturated rings. The minimum absolute atomic E-state index is 0.00231. The standard InChI is InChI=1S/C22H31N3O2/c1-16-12-17(2)25(23-16)19-7-5-6-18(13-19)15-24-11-10-22(27-4)9-8-20(26-3)14-21(22)24/h5-7,12-13,20-21H,8-11,14-15H2,1-4H3/t20-,21+,22-/m1/s1. The van der Waals surface area contributed by atoms with E-state index in [1.54, 1.807) is 0 Å². The van der Waals surface area contributed by atoms with Crippen LogP contribution in [-0.2, 0) is 16.0 Å². The van der Waals surface area contributed by atoms with Gasteiger partial charge in [-0.05, 0) is 63.3 Å². The normalized spacial score (nSPS) is 28.4. The summed E-state index contributed by atoms with van der Waals surface area (Å²) in [6, 6.07) is 11.3. The largest absolute Gasteiger partial charge is 0.381 e. The summed E-state index contributed by atoms with van der Waals surface area (Å²) in [6.07, 6.45) is 4.71. The molecule has 0 bridgehead atoms. The van der Waals surface area contributed by atoms with Crippen molar-refractivity contribution in [3.63, 3.8) is 0 Å². The molecule has 3 atom stereocenters. The number of fused-ring (bicyclic) bond motifs is 1. The van der Waals surface area contributed by atoms with E-state index < -0.39 is 0 Å². The van der Waals surface area contributed by atoms with Crippen LogP contribution < -0.4 is 0 Å². The zero-order chi connectivity index (χ0) is 19.0. The number of rotatable bonds is 5. The molecule has 4 rings (SSSR count). The molecule has 1 saturated heterocycles. The van der Waals surface area contributed by atoms with Gasteiger partial charge in [0.2, 0.25) is 0 Å². The Morgan fingerprint density at radius 3 is 2.74 bits per heavy atom. The highest BCUT2D eigenvalue weighted by Gasteiger charge is 2.50. The molecular weight excluding hydrogens is 338 g/mol. The van der Waals surface area contributed by atoms with Crippen LogP contribution in [-0.4, -0.2) is 53.2 Å². The van der Waals surface area contributed by atoms with Crippen LogP contribution in [0.2, 0.25) is 0 Å². The summed E-state index contributed by atoms with van der Waals surface area (Å²) in [5.74, 6) is 0. The summed E-state index contributed by atoms with van der Waals surface area (Å²) in [7, 11) is 3.72. The van der Waals surface area contributed by atoms with Gasteiger partial charge in [0.25, 0.3) is 0 Å². The third-order valence-electron chi connectivity index (χ3n) is 6.54. The minimum atomic E-state index is 0.00231. The van der Waals surface area contributed by atoms with Crippen LogP contribution in [0.5, 0.6) is 0 Å². The summed E-state index contributed by atoms with van der Waals surface area (Å²) < 4.78 is 13.8. The van der Waals surface area contributed by atoms with Crippen molar-refractivity contribution in [3.8, 4) is 5.69 Å². The Balaban J connectivity index is 1.55. The van der Waals surface area contributed by atoms with Gasteiger partial charge in [-0.1, -0.05) is 12.1 Å². The molecule has 2 aliphatic rings. The fourth-order valence-electron chi connectivity index (χ4n) is 5.07. The summed E-state index contributed by atoms with van der Waals surface area (Å²) in [5.41, 5.74) is 4.68. The number of nitrogens with zero attached hydrogens (tertiary/aromatic N) is 3. The molecule has 0 N–H and O–H groups in total. The van der Waals surface area contributed by atoms with E-state index >= 15 is 0 Å². The Morgan fingerprint density at radius 2 is 2.04 bits per heavy atom.